The number of anilines is 1. The van der Waals surface area contributed by atoms with Gasteiger partial charge in [-0.05, 0) is 89.2 Å². The minimum absolute atomic E-state index is 0.0361. The summed E-state index contributed by atoms with van der Waals surface area (Å²) in [5.74, 6) is 0.779. The van der Waals surface area contributed by atoms with Crippen LogP contribution in [0.1, 0.15) is 92.9 Å². The summed E-state index contributed by atoms with van der Waals surface area (Å²) in [6.45, 7) is 8.84. The van der Waals surface area contributed by atoms with E-state index in [0.29, 0.717) is 35.7 Å². The average Bonchev–Trinajstić information content (AvgIpc) is 3.03. The Morgan fingerprint density at radius 1 is 1.02 bits per heavy atom. The van der Waals surface area contributed by atoms with Crippen molar-refractivity contribution in [3.05, 3.63) is 59.7 Å². The Labute approximate surface area is 264 Å². The number of hydrogen-bond donors (Lipinski definition) is 2. The predicted octanol–water partition coefficient (Wildman–Crippen LogP) is 6.25. The van der Waals surface area contributed by atoms with Crippen molar-refractivity contribution >= 4 is 17.5 Å². The molecule has 1 saturated carbocycles. The number of carbonyl (C=O) groups excluding carboxylic acids is 2. The number of ether oxygens (including phenoxy) is 2. The van der Waals surface area contributed by atoms with Crippen molar-refractivity contribution in [1.29, 1.82) is 0 Å². The number of fused-ring (bicyclic) bond motifs is 1. The van der Waals surface area contributed by atoms with Crippen molar-refractivity contribution in [1.82, 2.24) is 9.80 Å². The van der Waals surface area contributed by atoms with E-state index in [2.05, 4.69) is 24.2 Å². The number of carbonyl (C=O) groups is 2. The molecule has 2 amide bonds. The monoisotopic (exact) mass is 607 g/mol. The van der Waals surface area contributed by atoms with Gasteiger partial charge in [0.2, 0.25) is 0 Å². The maximum absolute atomic E-state index is 14.3. The number of likely N-dealkylation sites (N-methyl/N-ethyl adjacent to an activating group) is 1. The van der Waals surface area contributed by atoms with Crippen molar-refractivity contribution in [3.8, 4) is 5.75 Å². The molecule has 2 aromatic carbocycles. The zero-order chi connectivity index (χ0) is 31.5. The second kappa shape index (κ2) is 16.9. The van der Waals surface area contributed by atoms with E-state index in [4.69, 9.17) is 9.47 Å². The van der Waals surface area contributed by atoms with E-state index in [-0.39, 0.29) is 36.5 Å². The third-order valence-corrected chi connectivity index (χ3v) is 9.13. The molecular weight excluding hydrogens is 554 g/mol. The summed E-state index contributed by atoms with van der Waals surface area (Å²) < 4.78 is 12.9. The predicted molar refractivity (Wildman–Crippen MR) is 175 cm³/mol. The van der Waals surface area contributed by atoms with E-state index in [0.717, 1.165) is 38.3 Å². The van der Waals surface area contributed by atoms with Crippen molar-refractivity contribution in [2.45, 2.75) is 90.4 Å². The summed E-state index contributed by atoms with van der Waals surface area (Å²) in [5.41, 5.74) is 1.42. The Bertz CT molecular complexity index is 1190. The number of aliphatic hydroxyl groups excluding tert-OH is 1. The summed E-state index contributed by atoms with van der Waals surface area (Å²) in [5, 5.41) is 13.2. The summed E-state index contributed by atoms with van der Waals surface area (Å²) in [4.78, 5) is 31.4. The summed E-state index contributed by atoms with van der Waals surface area (Å²) >= 11 is 0. The van der Waals surface area contributed by atoms with E-state index in [1.807, 2.05) is 32.0 Å². The van der Waals surface area contributed by atoms with Gasteiger partial charge in [-0.2, -0.15) is 0 Å². The maximum Gasteiger partial charge on any atom is 0.258 e. The average molecular weight is 608 g/mol. The van der Waals surface area contributed by atoms with Crippen molar-refractivity contribution < 1.29 is 24.2 Å². The van der Waals surface area contributed by atoms with Gasteiger partial charge in [0.1, 0.15) is 5.75 Å². The van der Waals surface area contributed by atoms with Crippen LogP contribution in [0.15, 0.2) is 48.5 Å². The third-order valence-electron chi connectivity index (χ3n) is 9.13. The topological polar surface area (TPSA) is 91.3 Å². The lowest BCUT2D eigenvalue weighted by molar-refractivity contribution is -0.0190. The minimum atomic E-state index is -0.411. The molecule has 1 heterocycles. The lowest BCUT2D eigenvalue weighted by Crippen LogP contribution is -2.47. The van der Waals surface area contributed by atoms with Crippen LogP contribution < -0.4 is 10.1 Å². The fourth-order valence-electron chi connectivity index (χ4n) is 6.45. The standard InChI is InChI=1S/C36H53N3O5/c1-26-22-39(27(2)25-40)36(42)32-21-31(37-35(41)30-16-9-6-10-17-30)18-19-33(32)44-28(3)13-11-12-20-43-34(26)24-38(4)23-29-14-7-5-8-15-29/h6,9-10,16-19,21,26-29,34,40H,5,7-8,11-15,20,22-25H2,1-4H3,(H,37,41)/t26-,27+,28-,34-/m1/s1. The molecule has 0 bridgehead atoms. The summed E-state index contributed by atoms with van der Waals surface area (Å²) in [6, 6.07) is 13.8. The van der Waals surface area contributed by atoms with Crippen LogP contribution in [0.2, 0.25) is 0 Å². The van der Waals surface area contributed by atoms with E-state index in [9.17, 15) is 14.7 Å². The van der Waals surface area contributed by atoms with E-state index in [1.54, 1.807) is 35.2 Å². The summed E-state index contributed by atoms with van der Waals surface area (Å²) in [6.07, 6.45) is 9.19. The van der Waals surface area contributed by atoms with Crippen LogP contribution in [0, 0.1) is 11.8 Å². The first kappa shape index (κ1) is 33.9. The Morgan fingerprint density at radius 2 is 1.75 bits per heavy atom. The van der Waals surface area contributed by atoms with Gasteiger partial charge in [0.15, 0.2) is 0 Å². The molecule has 1 fully saturated rings. The van der Waals surface area contributed by atoms with Gasteiger partial charge in [0.25, 0.3) is 11.8 Å². The summed E-state index contributed by atoms with van der Waals surface area (Å²) in [7, 11) is 2.19. The van der Waals surface area contributed by atoms with E-state index in [1.165, 1.54) is 32.1 Å². The molecule has 0 aromatic heterocycles. The second-order valence-corrected chi connectivity index (χ2v) is 13.1. The molecule has 1 aliphatic carbocycles. The van der Waals surface area contributed by atoms with Crippen LogP contribution in [-0.4, -0.2) is 84.9 Å². The van der Waals surface area contributed by atoms with Gasteiger partial charge >= 0.3 is 0 Å². The molecule has 1 aliphatic heterocycles. The smallest absolute Gasteiger partial charge is 0.258 e. The van der Waals surface area contributed by atoms with Crippen LogP contribution in [-0.2, 0) is 4.74 Å². The van der Waals surface area contributed by atoms with Crippen LogP contribution in [0.5, 0.6) is 5.75 Å². The second-order valence-electron chi connectivity index (χ2n) is 13.1. The molecule has 4 rings (SSSR count). The van der Waals surface area contributed by atoms with Gasteiger partial charge < -0.3 is 29.7 Å². The van der Waals surface area contributed by atoms with Gasteiger partial charge in [0, 0.05) is 43.4 Å². The zero-order valence-electron chi connectivity index (χ0n) is 27.2. The highest BCUT2D eigenvalue weighted by molar-refractivity contribution is 6.05. The van der Waals surface area contributed by atoms with Gasteiger partial charge in [-0.15, -0.1) is 0 Å². The first-order valence-corrected chi connectivity index (χ1v) is 16.6. The highest BCUT2D eigenvalue weighted by Gasteiger charge is 2.31. The molecule has 8 nitrogen and oxygen atoms in total. The molecule has 0 spiro atoms. The molecule has 0 saturated heterocycles. The van der Waals surface area contributed by atoms with Crippen LogP contribution in [0.25, 0.3) is 0 Å². The Hall–Kier alpha value is -2.94. The Morgan fingerprint density at radius 3 is 2.48 bits per heavy atom. The Balaban J connectivity index is 1.59. The van der Waals surface area contributed by atoms with Gasteiger partial charge in [-0.1, -0.05) is 44.4 Å². The normalized spacial score (nSPS) is 23.4. The number of rotatable bonds is 8. The molecule has 2 aliphatic rings. The number of nitrogens with one attached hydrogen (secondary N) is 1. The Kier molecular flexibility index (Phi) is 13.1. The number of hydrogen-bond acceptors (Lipinski definition) is 6. The SMILES string of the molecule is C[C@@H]1CCCCO[C@H](CN(C)CC2CCCCC2)[C@H](C)CN([C@@H](C)CO)C(=O)c2cc(NC(=O)c3ccccc3)ccc2O1. The number of amides is 2. The number of aliphatic hydroxyl groups is 1. The largest absolute Gasteiger partial charge is 0.490 e. The van der Waals surface area contributed by atoms with Crippen molar-refractivity contribution in [2.75, 3.05) is 45.2 Å². The molecule has 4 atom stereocenters. The molecule has 2 N–H and O–H groups in total. The van der Waals surface area contributed by atoms with Crippen molar-refractivity contribution in [3.63, 3.8) is 0 Å². The van der Waals surface area contributed by atoms with Gasteiger partial charge in [-0.25, -0.2) is 0 Å². The number of nitrogens with zero attached hydrogens (tertiary/aromatic N) is 2. The van der Waals surface area contributed by atoms with E-state index < -0.39 is 6.04 Å². The fourth-order valence-corrected chi connectivity index (χ4v) is 6.45. The molecular formula is C36H53N3O5. The molecule has 2 aromatic rings. The lowest BCUT2D eigenvalue weighted by Gasteiger charge is -2.36. The van der Waals surface area contributed by atoms with Gasteiger partial charge in [-0.3, -0.25) is 9.59 Å². The molecule has 242 valence electrons. The zero-order valence-corrected chi connectivity index (χ0v) is 27.2. The fraction of sp³-hybridized carbons (Fsp3) is 0.611. The van der Waals surface area contributed by atoms with E-state index >= 15 is 0 Å². The molecule has 0 radical (unpaired) electrons. The van der Waals surface area contributed by atoms with Crippen LogP contribution in [0.4, 0.5) is 5.69 Å². The minimum Gasteiger partial charge on any atom is -0.490 e. The quantitative estimate of drug-likeness (QED) is 0.369. The van der Waals surface area contributed by atoms with Crippen LogP contribution in [0.3, 0.4) is 0 Å². The first-order chi connectivity index (χ1) is 21.2. The highest BCUT2D eigenvalue weighted by Crippen LogP contribution is 2.29. The molecule has 44 heavy (non-hydrogen) atoms. The first-order valence-electron chi connectivity index (χ1n) is 16.6. The third kappa shape index (κ3) is 9.78. The molecule has 0 unspecified atom stereocenters. The number of benzene rings is 2. The van der Waals surface area contributed by atoms with Crippen molar-refractivity contribution in [2.24, 2.45) is 11.8 Å². The van der Waals surface area contributed by atoms with Gasteiger partial charge in [0.05, 0.1) is 30.4 Å². The highest BCUT2D eigenvalue weighted by atomic mass is 16.5. The maximum atomic E-state index is 14.3. The molecule has 8 heteroatoms. The lowest BCUT2D eigenvalue weighted by atomic mass is 9.89. The van der Waals surface area contributed by atoms with Crippen LogP contribution >= 0.6 is 0 Å².